The quantitative estimate of drug-likeness (QED) is 0.532. The molecule has 1 atom stereocenters. The summed E-state index contributed by atoms with van der Waals surface area (Å²) in [4.78, 5) is 0. The zero-order chi connectivity index (χ0) is 17.1. The van der Waals surface area contributed by atoms with Crippen molar-refractivity contribution in [2.75, 3.05) is 5.32 Å². The predicted molar refractivity (Wildman–Crippen MR) is 102 cm³/mol. The molecule has 2 aromatic carbocycles. The SMILES string of the molecule is CCc1ccc(C)cc1NC(S)c1nnc(C)n1-c1ccccc1. The van der Waals surface area contributed by atoms with Gasteiger partial charge < -0.3 is 5.32 Å². The number of nitrogens with one attached hydrogen (secondary N) is 1. The molecule has 5 heteroatoms. The number of aromatic nitrogens is 3. The maximum absolute atomic E-state index is 4.75. The number of thiol groups is 1. The van der Waals surface area contributed by atoms with E-state index in [4.69, 9.17) is 12.6 Å². The molecule has 0 bridgehead atoms. The Morgan fingerprint density at radius 1 is 1.08 bits per heavy atom. The second-order valence-electron chi connectivity index (χ2n) is 5.84. The smallest absolute Gasteiger partial charge is 0.170 e. The molecule has 0 aliphatic carbocycles. The Labute approximate surface area is 148 Å². The van der Waals surface area contributed by atoms with Crippen LogP contribution in [0.4, 0.5) is 5.69 Å². The molecule has 0 amide bonds. The first kappa shape index (κ1) is 16.6. The summed E-state index contributed by atoms with van der Waals surface area (Å²) in [6, 6.07) is 16.6. The van der Waals surface area contributed by atoms with Gasteiger partial charge in [0.05, 0.1) is 0 Å². The molecule has 0 saturated heterocycles. The van der Waals surface area contributed by atoms with E-state index in [0.717, 1.165) is 29.4 Å². The third-order valence-electron chi connectivity index (χ3n) is 4.05. The number of hydrogen-bond acceptors (Lipinski definition) is 4. The van der Waals surface area contributed by atoms with Crippen LogP contribution >= 0.6 is 12.6 Å². The third-order valence-corrected chi connectivity index (χ3v) is 4.41. The molecule has 0 spiro atoms. The van der Waals surface area contributed by atoms with Crippen LogP contribution in [0.15, 0.2) is 48.5 Å². The van der Waals surface area contributed by atoms with E-state index in [1.165, 1.54) is 11.1 Å². The van der Waals surface area contributed by atoms with E-state index >= 15 is 0 Å². The van der Waals surface area contributed by atoms with Crippen LogP contribution in [0.5, 0.6) is 0 Å². The maximum atomic E-state index is 4.75. The van der Waals surface area contributed by atoms with E-state index in [-0.39, 0.29) is 5.37 Å². The topological polar surface area (TPSA) is 42.7 Å². The highest BCUT2D eigenvalue weighted by atomic mass is 32.1. The molecule has 4 nitrogen and oxygen atoms in total. The monoisotopic (exact) mass is 338 g/mol. The molecule has 124 valence electrons. The number of hydrogen-bond donors (Lipinski definition) is 2. The summed E-state index contributed by atoms with van der Waals surface area (Å²) in [6.45, 7) is 6.20. The summed E-state index contributed by atoms with van der Waals surface area (Å²) < 4.78 is 2.03. The van der Waals surface area contributed by atoms with Crippen LogP contribution < -0.4 is 5.32 Å². The van der Waals surface area contributed by atoms with Gasteiger partial charge in [-0.3, -0.25) is 4.57 Å². The first-order valence-electron chi connectivity index (χ1n) is 8.11. The molecular weight excluding hydrogens is 316 g/mol. The lowest BCUT2D eigenvalue weighted by Gasteiger charge is -2.18. The first-order valence-corrected chi connectivity index (χ1v) is 8.63. The second-order valence-corrected chi connectivity index (χ2v) is 6.35. The standard InChI is InChI=1S/C19H22N4S/c1-4-15-11-10-13(2)12-17(15)20-19(24)18-22-21-14(3)23(18)16-8-6-5-7-9-16/h5-12,19-20,24H,4H2,1-3H3. The molecule has 0 fully saturated rings. The van der Waals surface area contributed by atoms with Gasteiger partial charge in [-0.25, -0.2) is 0 Å². The minimum absolute atomic E-state index is 0.251. The maximum Gasteiger partial charge on any atom is 0.170 e. The molecule has 3 rings (SSSR count). The van der Waals surface area contributed by atoms with Crippen molar-refractivity contribution < 1.29 is 0 Å². The van der Waals surface area contributed by atoms with Crippen molar-refractivity contribution in [2.24, 2.45) is 0 Å². The summed E-state index contributed by atoms with van der Waals surface area (Å²) in [5.41, 5.74) is 4.62. The highest BCUT2D eigenvalue weighted by Gasteiger charge is 2.18. The lowest BCUT2D eigenvalue weighted by atomic mass is 10.1. The third kappa shape index (κ3) is 3.31. The Morgan fingerprint density at radius 2 is 1.83 bits per heavy atom. The Morgan fingerprint density at radius 3 is 2.54 bits per heavy atom. The van der Waals surface area contributed by atoms with Gasteiger partial charge >= 0.3 is 0 Å². The van der Waals surface area contributed by atoms with Crippen LogP contribution in [0.3, 0.4) is 0 Å². The number of rotatable bonds is 5. The Balaban J connectivity index is 1.95. The van der Waals surface area contributed by atoms with Crippen LogP contribution in [0.2, 0.25) is 0 Å². The highest BCUT2D eigenvalue weighted by Crippen LogP contribution is 2.27. The van der Waals surface area contributed by atoms with Crippen molar-refractivity contribution in [3.8, 4) is 5.69 Å². The minimum atomic E-state index is -0.251. The van der Waals surface area contributed by atoms with E-state index in [9.17, 15) is 0 Å². The molecule has 1 heterocycles. The average Bonchev–Trinajstić information content (AvgIpc) is 2.97. The van der Waals surface area contributed by atoms with Gasteiger partial charge in [0.25, 0.3) is 0 Å². The molecular formula is C19H22N4S. The molecule has 3 aromatic rings. The second kappa shape index (κ2) is 7.09. The number of aryl methyl sites for hydroxylation is 3. The molecule has 1 unspecified atom stereocenters. The van der Waals surface area contributed by atoms with Crippen molar-refractivity contribution >= 4 is 18.3 Å². The lowest BCUT2D eigenvalue weighted by Crippen LogP contribution is -2.13. The van der Waals surface area contributed by atoms with Crippen molar-refractivity contribution in [3.63, 3.8) is 0 Å². The lowest BCUT2D eigenvalue weighted by molar-refractivity contribution is 0.866. The Bertz CT molecular complexity index is 827. The van der Waals surface area contributed by atoms with Gasteiger partial charge in [0.2, 0.25) is 0 Å². The molecule has 0 aliphatic heterocycles. The van der Waals surface area contributed by atoms with Gasteiger partial charge in [0.1, 0.15) is 11.2 Å². The number of benzene rings is 2. The number of anilines is 1. The van der Waals surface area contributed by atoms with Crippen molar-refractivity contribution in [1.82, 2.24) is 14.8 Å². The normalized spacial score (nSPS) is 12.2. The summed E-state index contributed by atoms with van der Waals surface area (Å²) in [5.74, 6) is 1.63. The molecule has 1 N–H and O–H groups in total. The van der Waals surface area contributed by atoms with Crippen LogP contribution in [-0.4, -0.2) is 14.8 Å². The van der Waals surface area contributed by atoms with Gasteiger partial charge in [0.15, 0.2) is 5.82 Å². The van der Waals surface area contributed by atoms with Gasteiger partial charge in [0, 0.05) is 11.4 Å². The molecule has 1 aromatic heterocycles. The van der Waals surface area contributed by atoms with Crippen LogP contribution in [0.25, 0.3) is 5.69 Å². The predicted octanol–water partition coefficient (Wildman–Crippen LogP) is 4.49. The van der Waals surface area contributed by atoms with Crippen molar-refractivity contribution in [3.05, 3.63) is 71.3 Å². The van der Waals surface area contributed by atoms with E-state index in [0.29, 0.717) is 0 Å². The van der Waals surface area contributed by atoms with Crippen LogP contribution in [0.1, 0.15) is 35.1 Å². The van der Waals surface area contributed by atoms with Gasteiger partial charge in [-0.1, -0.05) is 37.3 Å². The van der Waals surface area contributed by atoms with Gasteiger partial charge in [-0.15, -0.1) is 22.8 Å². The van der Waals surface area contributed by atoms with Gasteiger partial charge in [-0.2, -0.15) is 0 Å². The molecule has 0 aliphatic rings. The Hall–Kier alpha value is -2.27. The van der Waals surface area contributed by atoms with E-state index in [2.05, 4.69) is 47.6 Å². The average molecular weight is 338 g/mol. The first-order chi connectivity index (χ1) is 11.6. The summed E-state index contributed by atoms with van der Waals surface area (Å²) in [7, 11) is 0. The summed E-state index contributed by atoms with van der Waals surface area (Å²) in [6.07, 6.45) is 0.966. The number of para-hydroxylation sites is 1. The van der Waals surface area contributed by atoms with Gasteiger partial charge in [-0.05, 0) is 49.6 Å². The van der Waals surface area contributed by atoms with E-state index in [1.54, 1.807) is 0 Å². The minimum Gasteiger partial charge on any atom is -0.367 e. The zero-order valence-electron chi connectivity index (χ0n) is 14.2. The summed E-state index contributed by atoms with van der Waals surface area (Å²) >= 11 is 4.75. The Kier molecular flexibility index (Phi) is 4.90. The molecule has 0 saturated carbocycles. The fourth-order valence-electron chi connectivity index (χ4n) is 2.80. The van der Waals surface area contributed by atoms with E-state index < -0.39 is 0 Å². The van der Waals surface area contributed by atoms with E-state index in [1.807, 2.05) is 41.8 Å². The highest BCUT2D eigenvalue weighted by molar-refractivity contribution is 7.80. The molecule has 24 heavy (non-hydrogen) atoms. The largest absolute Gasteiger partial charge is 0.367 e. The molecule has 0 radical (unpaired) electrons. The van der Waals surface area contributed by atoms with Crippen molar-refractivity contribution in [2.45, 2.75) is 32.6 Å². The fourth-order valence-corrected chi connectivity index (χ4v) is 3.10. The van der Waals surface area contributed by atoms with Crippen LogP contribution in [-0.2, 0) is 6.42 Å². The number of nitrogens with zero attached hydrogens (tertiary/aromatic N) is 3. The van der Waals surface area contributed by atoms with Crippen LogP contribution in [0, 0.1) is 13.8 Å². The summed E-state index contributed by atoms with van der Waals surface area (Å²) in [5, 5.41) is 11.8. The fraction of sp³-hybridized carbons (Fsp3) is 0.263. The van der Waals surface area contributed by atoms with Crippen molar-refractivity contribution in [1.29, 1.82) is 0 Å². The zero-order valence-corrected chi connectivity index (χ0v) is 15.1.